The zero-order valence-electron chi connectivity index (χ0n) is 6.01. The van der Waals surface area contributed by atoms with Gasteiger partial charge in [0.25, 0.3) is 0 Å². The maximum absolute atomic E-state index is 9.11. The molecule has 2 rings (SSSR count). The Morgan fingerprint density at radius 2 is 2.36 bits per heavy atom. The van der Waals surface area contributed by atoms with E-state index in [0.717, 1.165) is 17.3 Å². The van der Waals surface area contributed by atoms with E-state index < -0.39 is 0 Å². The molecule has 0 aliphatic heterocycles. The van der Waals surface area contributed by atoms with Gasteiger partial charge in [-0.15, -0.1) is 11.3 Å². The van der Waals surface area contributed by atoms with E-state index >= 15 is 0 Å². The predicted molar refractivity (Wildman–Crippen MR) is 50.0 cm³/mol. The summed E-state index contributed by atoms with van der Waals surface area (Å²) in [6.07, 6.45) is 2.30. The van der Waals surface area contributed by atoms with Crippen molar-refractivity contribution in [2.24, 2.45) is 0 Å². The van der Waals surface area contributed by atoms with Crippen LogP contribution in [0.3, 0.4) is 0 Å². The Kier molecular flexibility index (Phi) is 1.82. The van der Waals surface area contributed by atoms with Gasteiger partial charge in [-0.05, 0) is 34.8 Å². The Bertz CT molecular complexity index is 265. The van der Waals surface area contributed by atoms with Gasteiger partial charge < -0.3 is 5.11 Å². The maximum atomic E-state index is 9.11. The molecule has 11 heavy (non-hydrogen) atoms. The molecule has 1 aliphatic rings. The van der Waals surface area contributed by atoms with Crippen molar-refractivity contribution in [3.8, 4) is 0 Å². The molecule has 0 atom stereocenters. The van der Waals surface area contributed by atoms with E-state index in [4.69, 9.17) is 5.11 Å². The molecule has 1 aromatic rings. The van der Waals surface area contributed by atoms with E-state index in [0.29, 0.717) is 6.61 Å². The predicted octanol–water partition coefficient (Wildman–Crippen LogP) is 2.53. The van der Waals surface area contributed by atoms with Crippen LogP contribution in [-0.2, 0) is 5.41 Å². The molecule has 1 nitrogen and oxygen atoms in total. The Morgan fingerprint density at radius 1 is 1.64 bits per heavy atom. The molecule has 1 N–H and O–H groups in total. The second-order valence-corrected chi connectivity index (χ2v) is 4.89. The third-order valence-electron chi connectivity index (χ3n) is 2.25. The van der Waals surface area contributed by atoms with Gasteiger partial charge in [0.05, 0.1) is 6.61 Å². The van der Waals surface area contributed by atoms with Crippen LogP contribution in [0.2, 0.25) is 0 Å². The van der Waals surface area contributed by atoms with Crippen molar-refractivity contribution in [2.45, 2.75) is 18.3 Å². The molecular weight excluding hydrogens is 224 g/mol. The van der Waals surface area contributed by atoms with Crippen LogP contribution >= 0.6 is 27.3 Å². The number of halogens is 1. The molecule has 0 aromatic carbocycles. The van der Waals surface area contributed by atoms with Crippen LogP contribution in [0.1, 0.15) is 17.7 Å². The lowest BCUT2D eigenvalue weighted by atomic mass is 10.1. The van der Waals surface area contributed by atoms with Crippen LogP contribution in [0.15, 0.2) is 15.9 Å². The van der Waals surface area contributed by atoms with Crippen LogP contribution in [0.5, 0.6) is 0 Å². The fourth-order valence-electron chi connectivity index (χ4n) is 1.22. The quantitative estimate of drug-likeness (QED) is 0.832. The van der Waals surface area contributed by atoms with Crippen molar-refractivity contribution in [2.75, 3.05) is 6.61 Å². The van der Waals surface area contributed by atoms with Crippen LogP contribution in [0.25, 0.3) is 0 Å². The molecule has 0 radical (unpaired) electrons. The number of hydrogen-bond acceptors (Lipinski definition) is 2. The van der Waals surface area contributed by atoms with Crippen molar-refractivity contribution < 1.29 is 5.11 Å². The third-order valence-corrected chi connectivity index (χ3v) is 4.18. The second-order valence-electron chi connectivity index (χ2n) is 3.07. The van der Waals surface area contributed by atoms with E-state index in [-0.39, 0.29) is 5.41 Å². The number of aliphatic hydroxyl groups excluding tert-OH is 1. The summed E-state index contributed by atoms with van der Waals surface area (Å²) >= 11 is 5.15. The molecular formula is C8H9BrOS. The Labute approximate surface area is 78.2 Å². The van der Waals surface area contributed by atoms with Gasteiger partial charge in [0.1, 0.15) is 0 Å². The second kappa shape index (κ2) is 2.57. The average molecular weight is 233 g/mol. The minimum Gasteiger partial charge on any atom is -0.395 e. The van der Waals surface area contributed by atoms with E-state index in [1.165, 1.54) is 4.88 Å². The zero-order valence-corrected chi connectivity index (χ0v) is 8.41. The van der Waals surface area contributed by atoms with Crippen molar-refractivity contribution in [3.63, 3.8) is 0 Å². The summed E-state index contributed by atoms with van der Waals surface area (Å²) in [6, 6.07) is 2.12. The summed E-state index contributed by atoms with van der Waals surface area (Å²) < 4.78 is 1.14. The minimum absolute atomic E-state index is 0.149. The van der Waals surface area contributed by atoms with E-state index in [1.54, 1.807) is 11.3 Å². The fourth-order valence-corrected chi connectivity index (χ4v) is 2.91. The van der Waals surface area contributed by atoms with Crippen LogP contribution in [0.4, 0.5) is 0 Å². The first-order valence-electron chi connectivity index (χ1n) is 3.62. The Hall–Kier alpha value is 0.140. The van der Waals surface area contributed by atoms with Crippen LogP contribution in [0, 0.1) is 0 Å². The zero-order chi connectivity index (χ0) is 7.90. The lowest BCUT2D eigenvalue weighted by Crippen LogP contribution is -2.09. The highest BCUT2D eigenvalue weighted by atomic mass is 79.9. The van der Waals surface area contributed by atoms with Gasteiger partial charge in [-0.3, -0.25) is 0 Å². The van der Waals surface area contributed by atoms with Crippen LogP contribution < -0.4 is 0 Å². The monoisotopic (exact) mass is 232 g/mol. The summed E-state index contributed by atoms with van der Waals surface area (Å²) in [7, 11) is 0. The molecule has 0 bridgehead atoms. The number of aliphatic hydroxyl groups is 1. The maximum Gasteiger partial charge on any atom is 0.0535 e. The molecule has 1 heterocycles. The van der Waals surface area contributed by atoms with Crippen molar-refractivity contribution in [3.05, 3.63) is 20.8 Å². The van der Waals surface area contributed by atoms with Crippen molar-refractivity contribution >= 4 is 27.3 Å². The van der Waals surface area contributed by atoms with Gasteiger partial charge in [0.2, 0.25) is 0 Å². The van der Waals surface area contributed by atoms with Crippen molar-refractivity contribution in [1.29, 1.82) is 0 Å². The molecule has 1 aliphatic carbocycles. The van der Waals surface area contributed by atoms with Gasteiger partial charge in [-0.25, -0.2) is 0 Å². The summed E-state index contributed by atoms with van der Waals surface area (Å²) in [4.78, 5) is 1.33. The standard InChI is InChI=1S/C8H9BrOS/c9-6-3-7(11-4-6)8(5-10)1-2-8/h3-4,10H,1-2,5H2. The molecule has 0 amide bonds. The molecule has 3 heteroatoms. The van der Waals surface area contributed by atoms with E-state index in [2.05, 4.69) is 27.4 Å². The SMILES string of the molecule is OCC1(c2cc(Br)cs2)CC1. The minimum atomic E-state index is 0.149. The van der Waals surface area contributed by atoms with Crippen LogP contribution in [-0.4, -0.2) is 11.7 Å². The van der Waals surface area contributed by atoms with E-state index in [1.807, 2.05) is 0 Å². The Morgan fingerprint density at radius 3 is 2.73 bits per heavy atom. The third kappa shape index (κ3) is 1.25. The summed E-state index contributed by atoms with van der Waals surface area (Å²) in [5.74, 6) is 0. The van der Waals surface area contributed by atoms with Gasteiger partial charge in [-0.2, -0.15) is 0 Å². The highest BCUT2D eigenvalue weighted by Crippen LogP contribution is 2.50. The largest absolute Gasteiger partial charge is 0.395 e. The summed E-state index contributed by atoms with van der Waals surface area (Å²) in [5, 5.41) is 11.2. The van der Waals surface area contributed by atoms with Gasteiger partial charge >= 0.3 is 0 Å². The Balaban J connectivity index is 2.29. The van der Waals surface area contributed by atoms with Crippen molar-refractivity contribution in [1.82, 2.24) is 0 Å². The van der Waals surface area contributed by atoms with Gasteiger partial charge in [-0.1, -0.05) is 0 Å². The lowest BCUT2D eigenvalue weighted by Gasteiger charge is -2.06. The normalized spacial score (nSPS) is 20.2. The lowest BCUT2D eigenvalue weighted by molar-refractivity contribution is 0.257. The van der Waals surface area contributed by atoms with E-state index in [9.17, 15) is 0 Å². The fraction of sp³-hybridized carbons (Fsp3) is 0.500. The molecule has 0 saturated heterocycles. The number of thiophene rings is 1. The number of hydrogen-bond donors (Lipinski definition) is 1. The summed E-state index contributed by atoms with van der Waals surface area (Å²) in [5.41, 5.74) is 0.149. The topological polar surface area (TPSA) is 20.2 Å². The first-order valence-corrected chi connectivity index (χ1v) is 5.29. The smallest absolute Gasteiger partial charge is 0.0535 e. The summed E-state index contributed by atoms with van der Waals surface area (Å²) in [6.45, 7) is 0.306. The molecule has 1 fully saturated rings. The van der Waals surface area contributed by atoms with Gasteiger partial charge in [0.15, 0.2) is 0 Å². The first-order chi connectivity index (χ1) is 5.27. The molecule has 0 unspecified atom stereocenters. The first kappa shape index (κ1) is 7.77. The average Bonchev–Trinajstić information content (AvgIpc) is 2.70. The van der Waals surface area contributed by atoms with Gasteiger partial charge in [0, 0.05) is 20.1 Å². The molecule has 0 spiro atoms. The number of rotatable bonds is 2. The molecule has 1 aromatic heterocycles. The highest BCUT2D eigenvalue weighted by molar-refractivity contribution is 9.10. The molecule has 1 saturated carbocycles. The highest BCUT2D eigenvalue weighted by Gasteiger charge is 2.44. The molecule has 60 valence electrons.